The highest BCUT2D eigenvalue weighted by Crippen LogP contribution is 2.40. The number of hydrogen-bond donors (Lipinski definition) is 0. The van der Waals surface area contributed by atoms with E-state index in [1.165, 1.54) is 16.4 Å². The second-order valence-electron chi connectivity index (χ2n) is 8.25. The van der Waals surface area contributed by atoms with Gasteiger partial charge in [0, 0.05) is 24.9 Å². The second kappa shape index (κ2) is 10.3. The summed E-state index contributed by atoms with van der Waals surface area (Å²) in [5.74, 6) is -0.284. The maximum atomic E-state index is 13.5. The molecule has 0 saturated carbocycles. The molecule has 1 aromatic heterocycles. The number of imidazole rings is 1. The van der Waals surface area contributed by atoms with E-state index in [1.807, 2.05) is 13.8 Å². The maximum Gasteiger partial charge on any atom is 0.416 e. The minimum Gasteiger partial charge on any atom is -0.316 e. The number of aromatic nitrogens is 2. The Kier molecular flexibility index (Phi) is 8.07. The van der Waals surface area contributed by atoms with E-state index < -0.39 is 33.5 Å². The Morgan fingerprint density at radius 2 is 1.61 bits per heavy atom. The van der Waals surface area contributed by atoms with Crippen molar-refractivity contribution in [2.75, 3.05) is 13.1 Å². The minimum absolute atomic E-state index is 0.0470. The number of thioether (sulfide) groups is 1. The molecule has 0 atom stereocenters. The summed E-state index contributed by atoms with van der Waals surface area (Å²) in [7, 11) is -3.75. The molecular weight excluding hydrogens is 528 g/mol. The molecule has 0 saturated heterocycles. The number of halogens is 6. The third-order valence-corrected chi connectivity index (χ3v) is 8.63. The largest absolute Gasteiger partial charge is 0.416 e. The highest BCUT2D eigenvalue weighted by Gasteiger charge is 2.38. The van der Waals surface area contributed by atoms with Gasteiger partial charge in [0.25, 0.3) is 0 Å². The number of sulfonamides is 1. The molecule has 0 fully saturated rings. The summed E-state index contributed by atoms with van der Waals surface area (Å²) in [4.78, 5) is 4.51. The maximum absolute atomic E-state index is 13.5. The van der Waals surface area contributed by atoms with Crippen LogP contribution >= 0.6 is 11.8 Å². The molecule has 0 spiro atoms. The van der Waals surface area contributed by atoms with Crippen molar-refractivity contribution in [3.63, 3.8) is 0 Å². The van der Waals surface area contributed by atoms with E-state index in [4.69, 9.17) is 0 Å². The number of hydrogen-bond acceptors (Lipinski definition) is 4. The van der Waals surface area contributed by atoms with Crippen LogP contribution in [0.3, 0.4) is 0 Å². The van der Waals surface area contributed by atoms with Crippen LogP contribution in [0.2, 0.25) is 0 Å². The molecular formula is C23H25F6N3O2S2. The number of nitrogens with zero attached hydrogens (tertiary/aromatic N) is 3. The van der Waals surface area contributed by atoms with Crippen molar-refractivity contribution >= 4 is 32.8 Å². The lowest BCUT2D eigenvalue weighted by molar-refractivity contribution is -0.143. The van der Waals surface area contributed by atoms with Crippen LogP contribution in [0.4, 0.5) is 26.3 Å². The van der Waals surface area contributed by atoms with Gasteiger partial charge in [0.05, 0.1) is 27.1 Å². The van der Waals surface area contributed by atoms with Crippen LogP contribution < -0.4 is 0 Å². The molecule has 13 heteroatoms. The molecule has 198 valence electrons. The van der Waals surface area contributed by atoms with Crippen LogP contribution in [0.25, 0.3) is 11.0 Å². The van der Waals surface area contributed by atoms with Gasteiger partial charge in [0.15, 0.2) is 5.16 Å². The zero-order chi connectivity index (χ0) is 27.1. The van der Waals surface area contributed by atoms with Gasteiger partial charge in [-0.1, -0.05) is 31.7 Å². The van der Waals surface area contributed by atoms with Crippen LogP contribution in [0, 0.1) is 0 Å². The monoisotopic (exact) mass is 553 g/mol. The van der Waals surface area contributed by atoms with Crippen LogP contribution in [0.5, 0.6) is 0 Å². The molecule has 1 heterocycles. The van der Waals surface area contributed by atoms with Gasteiger partial charge in [-0.25, -0.2) is 13.4 Å². The molecule has 0 bridgehead atoms. The zero-order valence-electron chi connectivity index (χ0n) is 19.9. The lowest BCUT2D eigenvalue weighted by atomic mass is 10.0. The average Bonchev–Trinajstić information content (AvgIpc) is 3.14. The molecule has 36 heavy (non-hydrogen) atoms. The van der Waals surface area contributed by atoms with Crippen LogP contribution in [0.1, 0.15) is 50.4 Å². The standard InChI is InChI=1S/C23H25F6N3O2S2/c1-5-31(6-2)36(33,34)17-9-10-20-19(12-17)30-21(32(20)14(3)4)35-13-15-7-8-16(22(24,25)26)11-18(15)23(27,28)29/h7-12,14H,5-6,13H2,1-4H3. The molecule has 2 aromatic carbocycles. The molecule has 5 nitrogen and oxygen atoms in total. The van der Waals surface area contributed by atoms with E-state index in [-0.39, 0.29) is 41.4 Å². The molecule has 0 aliphatic carbocycles. The smallest absolute Gasteiger partial charge is 0.316 e. The van der Waals surface area contributed by atoms with Crippen LogP contribution in [-0.4, -0.2) is 35.4 Å². The predicted molar refractivity (Wildman–Crippen MR) is 126 cm³/mol. The van der Waals surface area contributed by atoms with Crippen molar-refractivity contribution in [3.05, 3.63) is 53.1 Å². The Labute approximate surface area is 209 Å². The molecule has 0 aliphatic heterocycles. The first-order valence-corrected chi connectivity index (χ1v) is 13.5. The molecule has 3 aromatic rings. The summed E-state index contributed by atoms with van der Waals surface area (Å²) >= 11 is 0.937. The first kappa shape index (κ1) is 28.3. The summed E-state index contributed by atoms with van der Waals surface area (Å²) in [6, 6.07) is 5.88. The number of fused-ring (bicyclic) bond motifs is 1. The zero-order valence-corrected chi connectivity index (χ0v) is 21.5. The summed E-state index contributed by atoms with van der Waals surface area (Å²) < 4.78 is 108. The Morgan fingerprint density at radius 3 is 2.14 bits per heavy atom. The molecule has 0 aliphatic rings. The van der Waals surface area contributed by atoms with Crippen molar-refractivity contribution in [1.82, 2.24) is 13.9 Å². The van der Waals surface area contributed by atoms with Crippen molar-refractivity contribution in [3.8, 4) is 0 Å². The highest BCUT2D eigenvalue weighted by atomic mass is 32.2. The molecule has 0 radical (unpaired) electrons. The van der Waals surface area contributed by atoms with Gasteiger partial charge in [-0.2, -0.15) is 30.6 Å². The first-order valence-electron chi connectivity index (χ1n) is 11.0. The van der Waals surface area contributed by atoms with E-state index >= 15 is 0 Å². The van der Waals surface area contributed by atoms with Gasteiger partial charge in [0.1, 0.15) is 0 Å². The SMILES string of the molecule is CCN(CC)S(=O)(=O)c1ccc2c(c1)nc(SCc1ccc(C(F)(F)F)cc1C(F)(F)F)n2C(C)C. The molecule has 0 amide bonds. The van der Waals surface area contributed by atoms with E-state index in [9.17, 15) is 34.8 Å². The van der Waals surface area contributed by atoms with Crippen molar-refractivity contribution in [2.45, 2.75) is 61.9 Å². The Bertz CT molecular complexity index is 1340. The molecule has 3 rings (SSSR count). The van der Waals surface area contributed by atoms with E-state index in [0.29, 0.717) is 22.3 Å². The quantitative estimate of drug-likeness (QED) is 0.223. The second-order valence-corrected chi connectivity index (χ2v) is 11.1. The first-order chi connectivity index (χ1) is 16.6. The van der Waals surface area contributed by atoms with Gasteiger partial charge >= 0.3 is 12.4 Å². The molecule has 0 unspecified atom stereocenters. The topological polar surface area (TPSA) is 55.2 Å². The van der Waals surface area contributed by atoms with Gasteiger partial charge in [-0.15, -0.1) is 0 Å². The summed E-state index contributed by atoms with van der Waals surface area (Å²) in [6.45, 7) is 7.69. The Balaban J connectivity index is 2.03. The fourth-order valence-electron chi connectivity index (χ4n) is 3.82. The summed E-state index contributed by atoms with van der Waals surface area (Å²) in [6.07, 6.45) is -9.87. The normalized spacial score (nSPS) is 13.3. The summed E-state index contributed by atoms with van der Waals surface area (Å²) in [5.41, 5.74) is -2.10. The van der Waals surface area contributed by atoms with Gasteiger partial charge in [0.2, 0.25) is 10.0 Å². The van der Waals surface area contributed by atoms with Crippen LogP contribution in [0.15, 0.2) is 46.5 Å². The Hall–Kier alpha value is -2.25. The third kappa shape index (κ3) is 5.67. The van der Waals surface area contributed by atoms with Crippen molar-refractivity contribution < 1.29 is 34.8 Å². The summed E-state index contributed by atoms with van der Waals surface area (Å²) in [5, 5.41) is 0.324. The van der Waals surface area contributed by atoms with Gasteiger partial charge < -0.3 is 4.57 Å². The molecule has 0 N–H and O–H groups in total. The van der Waals surface area contributed by atoms with Crippen molar-refractivity contribution in [1.29, 1.82) is 0 Å². The minimum atomic E-state index is -4.97. The van der Waals surface area contributed by atoms with Crippen molar-refractivity contribution in [2.24, 2.45) is 0 Å². The number of alkyl halides is 6. The van der Waals surface area contributed by atoms with E-state index in [0.717, 1.165) is 17.8 Å². The fourth-order valence-corrected chi connectivity index (χ4v) is 6.44. The number of benzene rings is 2. The Morgan fingerprint density at radius 1 is 0.972 bits per heavy atom. The number of rotatable bonds is 8. The lowest BCUT2D eigenvalue weighted by Crippen LogP contribution is -2.30. The predicted octanol–water partition coefficient (Wildman–Crippen LogP) is 6.98. The fraction of sp³-hybridized carbons (Fsp3) is 0.435. The van der Waals surface area contributed by atoms with E-state index in [2.05, 4.69) is 4.98 Å². The lowest BCUT2D eigenvalue weighted by Gasteiger charge is -2.18. The van der Waals surface area contributed by atoms with Gasteiger partial charge in [-0.3, -0.25) is 0 Å². The average molecular weight is 554 g/mol. The van der Waals surface area contributed by atoms with Crippen LogP contribution in [-0.2, 0) is 28.1 Å². The third-order valence-electron chi connectivity index (χ3n) is 5.59. The van der Waals surface area contributed by atoms with E-state index in [1.54, 1.807) is 24.5 Å². The van der Waals surface area contributed by atoms with Gasteiger partial charge in [-0.05, 0) is 49.7 Å². The highest BCUT2D eigenvalue weighted by molar-refractivity contribution is 7.98.